The highest BCUT2D eigenvalue weighted by Gasteiger charge is 2.30. The Morgan fingerprint density at radius 3 is 2.09 bits per heavy atom. The van der Waals surface area contributed by atoms with Crippen LogP contribution in [0.5, 0.6) is 5.75 Å². The van der Waals surface area contributed by atoms with Crippen LogP contribution < -0.4 is 4.74 Å². The number of hydrogen-bond acceptors (Lipinski definition) is 5. The van der Waals surface area contributed by atoms with Gasteiger partial charge in [-0.25, -0.2) is 9.59 Å². The molecule has 234 valence electrons. The lowest BCUT2D eigenvalue weighted by atomic mass is 9.94. The Morgan fingerprint density at radius 1 is 0.822 bits per heavy atom. The van der Waals surface area contributed by atoms with E-state index in [1.54, 1.807) is 23.1 Å². The summed E-state index contributed by atoms with van der Waals surface area (Å²) in [6.45, 7) is 4.93. The predicted molar refractivity (Wildman–Crippen MR) is 165 cm³/mol. The summed E-state index contributed by atoms with van der Waals surface area (Å²) < 4.78 is 50.0. The molecule has 0 radical (unpaired) electrons. The number of carbonyl (C=O) groups excluding carboxylic acids is 3. The molecule has 4 rings (SSSR count). The molecule has 6 nitrogen and oxygen atoms in total. The second kappa shape index (κ2) is 14.9. The first-order valence-corrected chi connectivity index (χ1v) is 14.7. The molecule has 0 bridgehead atoms. The van der Waals surface area contributed by atoms with Gasteiger partial charge in [-0.05, 0) is 73.4 Å². The lowest BCUT2D eigenvalue weighted by Crippen LogP contribution is -2.35. The van der Waals surface area contributed by atoms with Crippen molar-refractivity contribution < 1.29 is 37.0 Å². The van der Waals surface area contributed by atoms with Crippen LogP contribution in [0.1, 0.15) is 58.0 Å². The van der Waals surface area contributed by atoms with Gasteiger partial charge in [0.05, 0.1) is 34.2 Å². The Bertz CT molecular complexity index is 1640. The molecule has 0 heterocycles. The minimum Gasteiger partial charge on any atom is -0.462 e. The van der Waals surface area contributed by atoms with Crippen molar-refractivity contribution in [2.75, 3.05) is 19.7 Å². The highest BCUT2D eigenvalue weighted by Crippen LogP contribution is 2.33. The van der Waals surface area contributed by atoms with Crippen molar-refractivity contribution in [3.63, 3.8) is 0 Å². The van der Waals surface area contributed by atoms with E-state index in [4.69, 9.17) is 21.1 Å². The van der Waals surface area contributed by atoms with Gasteiger partial charge in [0.2, 0.25) is 5.91 Å². The summed E-state index contributed by atoms with van der Waals surface area (Å²) >= 11 is 6.35. The molecule has 0 fully saturated rings. The van der Waals surface area contributed by atoms with Gasteiger partial charge in [0, 0.05) is 13.1 Å². The summed E-state index contributed by atoms with van der Waals surface area (Å²) in [5.41, 5.74) is 1.04. The first-order chi connectivity index (χ1) is 21.5. The summed E-state index contributed by atoms with van der Waals surface area (Å²) in [4.78, 5) is 40.8. The van der Waals surface area contributed by atoms with Crippen LogP contribution in [0.2, 0.25) is 5.02 Å². The van der Waals surface area contributed by atoms with Gasteiger partial charge in [-0.1, -0.05) is 72.3 Å². The molecular formula is C35H31ClF3NO5. The summed E-state index contributed by atoms with van der Waals surface area (Å²) in [5, 5.41) is -0.0244. The van der Waals surface area contributed by atoms with Crippen molar-refractivity contribution in [2.24, 2.45) is 0 Å². The molecule has 10 heteroatoms. The maximum absolute atomic E-state index is 13.2. The SMILES string of the molecule is CCN(CC)C(=O)C(CCOC(=O)c1ccc(OC(=O)c2ccccc2-c2ccc(C(F)(F)F)cc2)c(Cl)c1)c1ccccc1. The molecule has 0 aliphatic rings. The van der Waals surface area contributed by atoms with Gasteiger partial charge in [0.1, 0.15) is 5.75 Å². The zero-order valence-corrected chi connectivity index (χ0v) is 25.4. The van der Waals surface area contributed by atoms with E-state index >= 15 is 0 Å². The number of esters is 2. The average Bonchev–Trinajstić information content (AvgIpc) is 3.04. The summed E-state index contributed by atoms with van der Waals surface area (Å²) in [6.07, 6.45) is -4.20. The molecule has 1 amide bonds. The van der Waals surface area contributed by atoms with Crippen LogP contribution in [0.15, 0.2) is 97.1 Å². The van der Waals surface area contributed by atoms with Crippen molar-refractivity contribution in [1.29, 1.82) is 0 Å². The van der Waals surface area contributed by atoms with E-state index in [1.165, 1.54) is 36.4 Å². The molecule has 4 aromatic carbocycles. The molecule has 0 saturated carbocycles. The monoisotopic (exact) mass is 637 g/mol. The van der Waals surface area contributed by atoms with E-state index in [9.17, 15) is 27.6 Å². The van der Waals surface area contributed by atoms with E-state index in [0.29, 0.717) is 24.2 Å². The molecule has 1 unspecified atom stereocenters. The fraction of sp³-hybridized carbons (Fsp3) is 0.229. The van der Waals surface area contributed by atoms with Crippen LogP contribution in [0.25, 0.3) is 11.1 Å². The number of hydrogen-bond donors (Lipinski definition) is 0. The van der Waals surface area contributed by atoms with Gasteiger partial charge in [0.25, 0.3) is 0 Å². The third-order valence-electron chi connectivity index (χ3n) is 7.26. The fourth-order valence-corrected chi connectivity index (χ4v) is 5.06. The van der Waals surface area contributed by atoms with Crippen molar-refractivity contribution in [3.8, 4) is 16.9 Å². The molecule has 0 spiro atoms. The number of ether oxygens (including phenoxy) is 2. The number of likely N-dealkylation sites (N-methyl/N-ethyl adjacent to an activating group) is 1. The van der Waals surface area contributed by atoms with E-state index in [1.807, 2.05) is 44.2 Å². The average molecular weight is 638 g/mol. The fourth-order valence-electron chi connectivity index (χ4n) is 4.84. The van der Waals surface area contributed by atoms with Crippen LogP contribution in [0.4, 0.5) is 13.2 Å². The maximum atomic E-state index is 13.2. The summed E-state index contributed by atoms with van der Waals surface area (Å²) in [6, 6.07) is 24.2. The number of amides is 1. The smallest absolute Gasteiger partial charge is 0.416 e. The van der Waals surface area contributed by atoms with Gasteiger partial charge >= 0.3 is 18.1 Å². The second-order valence-corrected chi connectivity index (χ2v) is 10.5. The third-order valence-corrected chi connectivity index (χ3v) is 7.55. The Labute approximate surface area is 264 Å². The summed E-state index contributed by atoms with van der Waals surface area (Å²) in [5.74, 6) is -1.99. The molecule has 45 heavy (non-hydrogen) atoms. The zero-order chi connectivity index (χ0) is 32.6. The number of rotatable bonds is 11. The molecule has 0 aromatic heterocycles. The van der Waals surface area contributed by atoms with E-state index in [0.717, 1.165) is 17.7 Å². The first-order valence-electron chi connectivity index (χ1n) is 14.3. The van der Waals surface area contributed by atoms with Crippen molar-refractivity contribution in [2.45, 2.75) is 32.4 Å². The minimum absolute atomic E-state index is 0.0134. The number of carbonyl (C=O) groups is 3. The Kier molecular flexibility index (Phi) is 11.0. The maximum Gasteiger partial charge on any atom is 0.416 e. The van der Waals surface area contributed by atoms with Crippen molar-refractivity contribution in [1.82, 2.24) is 4.90 Å². The Morgan fingerprint density at radius 2 is 1.47 bits per heavy atom. The van der Waals surface area contributed by atoms with Gasteiger partial charge < -0.3 is 14.4 Å². The van der Waals surface area contributed by atoms with Crippen LogP contribution in [0.3, 0.4) is 0 Å². The molecular weight excluding hydrogens is 607 g/mol. The molecule has 0 aliphatic heterocycles. The summed E-state index contributed by atoms with van der Waals surface area (Å²) in [7, 11) is 0. The van der Waals surface area contributed by atoms with Crippen LogP contribution in [-0.2, 0) is 15.7 Å². The second-order valence-electron chi connectivity index (χ2n) is 10.1. The Balaban J connectivity index is 1.42. The molecule has 4 aromatic rings. The van der Waals surface area contributed by atoms with Crippen LogP contribution in [-0.4, -0.2) is 42.4 Å². The first kappa shape index (κ1) is 33.3. The molecule has 0 N–H and O–H groups in total. The lowest BCUT2D eigenvalue weighted by Gasteiger charge is -2.25. The standard InChI is InChI=1S/C35H31ClF3NO5/c1-3-40(4-2)32(41)28(23-10-6-5-7-11-23)20-21-44-33(42)25-16-19-31(30(36)22-25)45-34(43)29-13-9-8-12-27(29)24-14-17-26(18-15-24)35(37,38)39/h5-19,22,28H,3-4,20-21H2,1-2H3. The van der Waals surface area contributed by atoms with E-state index < -0.39 is 29.6 Å². The third kappa shape index (κ3) is 8.30. The normalized spacial score (nSPS) is 11.9. The van der Waals surface area contributed by atoms with Crippen molar-refractivity contribution in [3.05, 3.63) is 124 Å². The molecule has 0 saturated heterocycles. The van der Waals surface area contributed by atoms with Gasteiger partial charge in [-0.2, -0.15) is 13.2 Å². The van der Waals surface area contributed by atoms with Crippen LogP contribution in [0, 0.1) is 0 Å². The van der Waals surface area contributed by atoms with E-state index in [-0.39, 0.29) is 40.8 Å². The van der Waals surface area contributed by atoms with Gasteiger partial charge in [-0.15, -0.1) is 0 Å². The number of nitrogens with zero attached hydrogens (tertiary/aromatic N) is 1. The number of alkyl halides is 3. The Hall–Kier alpha value is -4.63. The minimum atomic E-state index is -4.48. The largest absolute Gasteiger partial charge is 0.462 e. The van der Waals surface area contributed by atoms with Gasteiger partial charge in [-0.3, -0.25) is 4.79 Å². The number of benzene rings is 4. The zero-order valence-electron chi connectivity index (χ0n) is 24.6. The predicted octanol–water partition coefficient (Wildman–Crippen LogP) is 8.44. The van der Waals surface area contributed by atoms with Crippen LogP contribution >= 0.6 is 11.6 Å². The number of halogens is 4. The highest BCUT2D eigenvalue weighted by atomic mass is 35.5. The van der Waals surface area contributed by atoms with Crippen molar-refractivity contribution >= 4 is 29.4 Å². The highest BCUT2D eigenvalue weighted by molar-refractivity contribution is 6.32. The van der Waals surface area contributed by atoms with E-state index in [2.05, 4.69) is 0 Å². The van der Waals surface area contributed by atoms with Gasteiger partial charge in [0.15, 0.2) is 0 Å². The lowest BCUT2D eigenvalue weighted by molar-refractivity contribution is -0.137. The quantitative estimate of drug-likeness (QED) is 0.122. The topological polar surface area (TPSA) is 72.9 Å². The molecule has 0 aliphatic carbocycles. The molecule has 1 atom stereocenters.